The largest absolute Gasteiger partial charge is 0.496 e. The molecule has 2 heterocycles. The molecule has 3 rings (SSSR count). The average Bonchev–Trinajstić information content (AvgIpc) is 2.83. The van der Waals surface area contributed by atoms with E-state index < -0.39 is 0 Å². The number of hydrogen-bond donors (Lipinski definition) is 1. The van der Waals surface area contributed by atoms with Crippen LogP contribution in [0, 0.1) is 0 Å². The Bertz CT molecular complexity index is 436. The van der Waals surface area contributed by atoms with Crippen molar-refractivity contribution in [3.8, 4) is 5.75 Å². The van der Waals surface area contributed by atoms with E-state index in [1.54, 1.807) is 7.11 Å². The number of ether oxygens (including phenoxy) is 3. The van der Waals surface area contributed by atoms with Crippen molar-refractivity contribution in [1.29, 1.82) is 0 Å². The molecule has 4 heteroatoms. The lowest BCUT2D eigenvalue weighted by Gasteiger charge is -2.31. The van der Waals surface area contributed by atoms with Gasteiger partial charge in [0.25, 0.3) is 0 Å². The molecular formula is C16H22O4. The van der Waals surface area contributed by atoms with Gasteiger partial charge in [0.05, 0.1) is 32.0 Å². The predicted molar refractivity (Wildman–Crippen MR) is 74.8 cm³/mol. The lowest BCUT2D eigenvalue weighted by molar-refractivity contribution is -0.115. The zero-order valence-corrected chi connectivity index (χ0v) is 11.8. The first-order valence-electron chi connectivity index (χ1n) is 7.35. The maximum Gasteiger partial charge on any atom is 0.124 e. The monoisotopic (exact) mass is 278 g/mol. The molecule has 1 aromatic rings. The van der Waals surface area contributed by atoms with E-state index in [1.807, 2.05) is 24.3 Å². The topological polar surface area (TPSA) is 47.9 Å². The summed E-state index contributed by atoms with van der Waals surface area (Å²) in [6, 6.07) is 7.71. The number of hydrogen-bond acceptors (Lipinski definition) is 4. The summed E-state index contributed by atoms with van der Waals surface area (Å²) in [5.74, 6) is 0.765. The van der Waals surface area contributed by atoms with Crippen LogP contribution in [0.2, 0.25) is 0 Å². The molecule has 2 unspecified atom stereocenters. The molecule has 0 aromatic heterocycles. The van der Waals surface area contributed by atoms with E-state index in [-0.39, 0.29) is 18.8 Å². The van der Waals surface area contributed by atoms with Crippen molar-refractivity contribution >= 4 is 0 Å². The fraction of sp³-hybridized carbons (Fsp3) is 0.625. The van der Waals surface area contributed by atoms with Gasteiger partial charge in [-0.1, -0.05) is 18.2 Å². The van der Waals surface area contributed by atoms with Crippen LogP contribution < -0.4 is 4.74 Å². The summed E-state index contributed by atoms with van der Waals surface area (Å²) in [7, 11) is 1.64. The van der Waals surface area contributed by atoms with Crippen LogP contribution in [0.25, 0.3) is 0 Å². The Morgan fingerprint density at radius 1 is 1.25 bits per heavy atom. The van der Waals surface area contributed by atoms with Gasteiger partial charge in [-0.2, -0.15) is 0 Å². The quantitative estimate of drug-likeness (QED) is 0.899. The number of rotatable bonds is 5. The van der Waals surface area contributed by atoms with Crippen LogP contribution in [0.1, 0.15) is 37.4 Å². The maximum atomic E-state index is 9.67. The summed E-state index contributed by atoms with van der Waals surface area (Å²) in [4.78, 5) is 0. The molecule has 1 N–H and O–H groups in total. The van der Waals surface area contributed by atoms with Gasteiger partial charge in [-0.3, -0.25) is 0 Å². The minimum absolute atomic E-state index is 0.0347. The normalized spacial score (nSPS) is 30.2. The summed E-state index contributed by atoms with van der Waals surface area (Å²) in [5, 5.41) is 9.67. The van der Waals surface area contributed by atoms with Crippen LogP contribution in [-0.4, -0.2) is 37.1 Å². The Hall–Kier alpha value is -1.10. The molecule has 0 saturated carbocycles. The first-order valence-corrected chi connectivity index (χ1v) is 7.35. The van der Waals surface area contributed by atoms with Crippen LogP contribution in [-0.2, 0) is 9.47 Å². The van der Waals surface area contributed by atoms with E-state index in [2.05, 4.69) is 0 Å². The van der Waals surface area contributed by atoms with Crippen molar-refractivity contribution in [2.75, 3.05) is 13.7 Å². The molecule has 2 aliphatic rings. The van der Waals surface area contributed by atoms with E-state index in [0.29, 0.717) is 12.2 Å². The van der Waals surface area contributed by atoms with Crippen molar-refractivity contribution in [2.24, 2.45) is 0 Å². The minimum atomic E-state index is -0.325. The zero-order chi connectivity index (χ0) is 13.9. The van der Waals surface area contributed by atoms with Gasteiger partial charge in [0, 0.05) is 5.56 Å². The number of aliphatic hydroxyl groups is 1. The van der Waals surface area contributed by atoms with Crippen molar-refractivity contribution in [1.82, 2.24) is 0 Å². The van der Waals surface area contributed by atoms with E-state index in [1.165, 1.54) is 0 Å². The third kappa shape index (κ3) is 2.82. The van der Waals surface area contributed by atoms with Crippen LogP contribution in [0.3, 0.4) is 0 Å². The summed E-state index contributed by atoms with van der Waals surface area (Å²) in [6.07, 6.45) is 4.68. The van der Waals surface area contributed by atoms with Gasteiger partial charge in [0.1, 0.15) is 11.9 Å². The van der Waals surface area contributed by atoms with Gasteiger partial charge in [-0.15, -0.1) is 0 Å². The smallest absolute Gasteiger partial charge is 0.124 e. The molecule has 1 aromatic carbocycles. The zero-order valence-electron chi connectivity index (χ0n) is 11.8. The Morgan fingerprint density at radius 3 is 2.60 bits per heavy atom. The fourth-order valence-electron chi connectivity index (χ4n) is 3.30. The summed E-state index contributed by atoms with van der Waals surface area (Å²) in [6.45, 7) is -0.0347. The second kappa shape index (κ2) is 6.12. The van der Waals surface area contributed by atoms with Gasteiger partial charge in [0.15, 0.2) is 0 Å². The molecule has 0 aliphatic carbocycles. The van der Waals surface area contributed by atoms with Gasteiger partial charge in [-0.25, -0.2) is 0 Å². The first kappa shape index (κ1) is 13.9. The van der Waals surface area contributed by atoms with Crippen LogP contribution in [0.5, 0.6) is 5.75 Å². The van der Waals surface area contributed by atoms with Crippen LogP contribution in [0.15, 0.2) is 24.3 Å². The maximum absolute atomic E-state index is 9.67. The fourth-order valence-corrected chi connectivity index (χ4v) is 3.30. The van der Waals surface area contributed by atoms with Crippen LogP contribution in [0.4, 0.5) is 0 Å². The van der Waals surface area contributed by atoms with E-state index in [9.17, 15) is 5.11 Å². The molecule has 4 atom stereocenters. The number of fused-ring (bicyclic) bond motifs is 2. The van der Waals surface area contributed by atoms with E-state index >= 15 is 0 Å². The predicted octanol–water partition coefficient (Wildman–Crippen LogP) is 2.46. The summed E-state index contributed by atoms with van der Waals surface area (Å²) >= 11 is 0. The number of para-hydroxylation sites is 1. The van der Waals surface area contributed by atoms with Crippen molar-refractivity contribution in [3.05, 3.63) is 29.8 Å². The van der Waals surface area contributed by atoms with Gasteiger partial charge < -0.3 is 19.3 Å². The highest BCUT2D eigenvalue weighted by Gasteiger charge is 2.36. The lowest BCUT2D eigenvalue weighted by atomic mass is 10.0. The molecule has 2 bridgehead atoms. The Morgan fingerprint density at radius 2 is 1.95 bits per heavy atom. The molecule has 2 aliphatic heterocycles. The SMILES string of the molecule is COc1ccccc1[C@@H](CO)OC1CC2CC[C@@H](C1)O2. The Kier molecular flexibility index (Phi) is 4.24. The van der Waals surface area contributed by atoms with Crippen molar-refractivity contribution in [2.45, 2.75) is 50.1 Å². The minimum Gasteiger partial charge on any atom is -0.496 e. The van der Waals surface area contributed by atoms with Gasteiger partial charge in [0.2, 0.25) is 0 Å². The standard InChI is InChI=1S/C16H22O4/c1-18-15-5-3-2-4-14(15)16(10-17)20-13-8-11-6-7-12(9-13)19-11/h2-5,11-13,16-17H,6-10H2,1H3/t11-,12?,13?,16+/m0/s1. The van der Waals surface area contributed by atoms with E-state index in [0.717, 1.165) is 37.0 Å². The molecule has 110 valence electrons. The summed E-state index contributed by atoms with van der Waals surface area (Å²) in [5.41, 5.74) is 0.913. The highest BCUT2D eigenvalue weighted by atomic mass is 16.5. The third-order valence-electron chi connectivity index (χ3n) is 4.26. The lowest BCUT2D eigenvalue weighted by Crippen LogP contribution is -2.32. The molecule has 2 saturated heterocycles. The molecule has 2 fully saturated rings. The second-order valence-electron chi connectivity index (χ2n) is 5.60. The highest BCUT2D eigenvalue weighted by Crippen LogP contribution is 2.37. The number of aliphatic hydroxyl groups excluding tert-OH is 1. The van der Waals surface area contributed by atoms with Crippen molar-refractivity contribution < 1.29 is 19.3 Å². The molecule has 0 radical (unpaired) electrons. The molecule has 0 amide bonds. The van der Waals surface area contributed by atoms with Crippen LogP contribution >= 0.6 is 0 Å². The van der Waals surface area contributed by atoms with Gasteiger partial charge >= 0.3 is 0 Å². The first-order chi connectivity index (χ1) is 9.80. The number of benzene rings is 1. The average molecular weight is 278 g/mol. The molecule has 0 spiro atoms. The molecular weight excluding hydrogens is 256 g/mol. The van der Waals surface area contributed by atoms with E-state index in [4.69, 9.17) is 14.2 Å². The third-order valence-corrected chi connectivity index (χ3v) is 4.26. The highest BCUT2D eigenvalue weighted by molar-refractivity contribution is 5.35. The summed E-state index contributed by atoms with van der Waals surface area (Å²) < 4.78 is 17.3. The number of methoxy groups -OCH3 is 1. The molecule has 20 heavy (non-hydrogen) atoms. The van der Waals surface area contributed by atoms with Crippen molar-refractivity contribution in [3.63, 3.8) is 0 Å². The Balaban J connectivity index is 1.70. The van der Waals surface area contributed by atoms with Gasteiger partial charge in [-0.05, 0) is 31.7 Å². The Labute approximate surface area is 119 Å². The molecule has 4 nitrogen and oxygen atoms in total. The second-order valence-corrected chi connectivity index (χ2v) is 5.60.